The summed E-state index contributed by atoms with van der Waals surface area (Å²) in [4.78, 5) is 14.2. The van der Waals surface area contributed by atoms with Gasteiger partial charge in [-0.2, -0.15) is 13.2 Å². The van der Waals surface area contributed by atoms with Crippen LogP contribution in [0.5, 0.6) is 0 Å². The highest BCUT2D eigenvalue weighted by atomic mass is 19.4. The predicted molar refractivity (Wildman–Crippen MR) is 105 cm³/mol. The van der Waals surface area contributed by atoms with E-state index in [1.165, 1.54) is 6.07 Å². The molecule has 0 bridgehead atoms. The van der Waals surface area contributed by atoms with E-state index in [0.29, 0.717) is 17.8 Å². The van der Waals surface area contributed by atoms with E-state index >= 15 is 0 Å². The van der Waals surface area contributed by atoms with Gasteiger partial charge >= 0.3 is 6.18 Å². The zero-order chi connectivity index (χ0) is 21.1. The first-order chi connectivity index (χ1) is 14.4. The van der Waals surface area contributed by atoms with Crippen LogP contribution < -0.4 is 5.32 Å². The Morgan fingerprint density at radius 1 is 1.17 bits per heavy atom. The molecule has 1 unspecified atom stereocenters. The van der Waals surface area contributed by atoms with Gasteiger partial charge in [0.15, 0.2) is 5.69 Å². The van der Waals surface area contributed by atoms with Gasteiger partial charge in [0.25, 0.3) is 5.91 Å². The molecule has 30 heavy (non-hydrogen) atoms. The lowest BCUT2D eigenvalue weighted by molar-refractivity contribution is -0.138. The minimum absolute atomic E-state index is 0.174. The summed E-state index contributed by atoms with van der Waals surface area (Å²) in [6, 6.07) is 6.25. The van der Waals surface area contributed by atoms with Crippen molar-refractivity contribution in [3.8, 4) is 0 Å². The molecule has 2 fully saturated rings. The van der Waals surface area contributed by atoms with Crippen molar-refractivity contribution in [2.24, 2.45) is 0 Å². The van der Waals surface area contributed by atoms with Crippen LogP contribution in [0, 0.1) is 0 Å². The van der Waals surface area contributed by atoms with Crippen molar-refractivity contribution in [3.63, 3.8) is 0 Å². The minimum atomic E-state index is -4.35. The van der Waals surface area contributed by atoms with Crippen molar-refractivity contribution in [3.05, 3.63) is 47.3 Å². The molecule has 2 aliphatic rings. The summed E-state index contributed by atoms with van der Waals surface area (Å²) in [6.45, 7) is 1.64. The molecule has 0 radical (unpaired) electrons. The number of nitrogens with zero attached hydrogens (tertiary/aromatic N) is 4. The smallest absolute Gasteiger partial charge is 0.348 e. The van der Waals surface area contributed by atoms with E-state index < -0.39 is 11.7 Å². The second kappa shape index (κ2) is 8.75. The van der Waals surface area contributed by atoms with Gasteiger partial charge in [-0.3, -0.25) is 14.4 Å². The molecule has 1 aromatic heterocycles. The van der Waals surface area contributed by atoms with Gasteiger partial charge < -0.3 is 5.32 Å². The largest absolute Gasteiger partial charge is 0.416 e. The zero-order valence-electron chi connectivity index (χ0n) is 16.7. The van der Waals surface area contributed by atoms with Gasteiger partial charge in [-0.1, -0.05) is 29.8 Å². The molecule has 0 spiro atoms. The molecule has 4 rings (SSSR count). The lowest BCUT2D eigenvalue weighted by atomic mass is 9.97. The molecule has 6 nitrogen and oxygen atoms in total. The Labute approximate surface area is 173 Å². The maximum atomic E-state index is 13.3. The molecular formula is C21H26F3N5O. The van der Waals surface area contributed by atoms with Crippen LogP contribution in [0.3, 0.4) is 0 Å². The van der Waals surface area contributed by atoms with Gasteiger partial charge in [0.05, 0.1) is 11.8 Å². The third-order valence-corrected chi connectivity index (χ3v) is 5.82. The van der Waals surface area contributed by atoms with Crippen LogP contribution in [0.2, 0.25) is 0 Å². The summed E-state index contributed by atoms with van der Waals surface area (Å²) in [5.41, 5.74) is 0.0649. The summed E-state index contributed by atoms with van der Waals surface area (Å²) in [5.74, 6) is -0.202. The summed E-state index contributed by atoms with van der Waals surface area (Å²) in [5, 5.41) is 10.9. The van der Waals surface area contributed by atoms with Gasteiger partial charge in [0.2, 0.25) is 0 Å². The molecule has 2 heterocycles. The molecule has 162 valence electrons. The fourth-order valence-electron chi connectivity index (χ4n) is 4.03. The van der Waals surface area contributed by atoms with Gasteiger partial charge in [-0.15, -0.1) is 5.10 Å². The fourth-order valence-corrected chi connectivity index (χ4v) is 4.03. The van der Waals surface area contributed by atoms with E-state index in [4.69, 9.17) is 0 Å². The zero-order valence-corrected chi connectivity index (χ0v) is 16.7. The number of halogens is 3. The Morgan fingerprint density at radius 2 is 1.97 bits per heavy atom. The van der Waals surface area contributed by atoms with E-state index in [2.05, 4.69) is 20.5 Å². The minimum Gasteiger partial charge on any atom is -0.348 e. The SMILES string of the molecule is O=C(NC1CC1)c1cn(CCC2CCCCN2Cc2ccccc2C(F)(F)F)nn1. The first-order valence-corrected chi connectivity index (χ1v) is 10.5. The van der Waals surface area contributed by atoms with Crippen molar-refractivity contribution in [2.45, 2.75) is 69.9 Å². The summed E-state index contributed by atoms with van der Waals surface area (Å²) in [7, 11) is 0. The van der Waals surface area contributed by atoms with Crippen molar-refractivity contribution in [1.82, 2.24) is 25.2 Å². The summed E-state index contributed by atoms with van der Waals surface area (Å²) in [6.07, 6.45) is 3.06. The highest BCUT2D eigenvalue weighted by molar-refractivity contribution is 5.92. The lowest BCUT2D eigenvalue weighted by Crippen LogP contribution is -2.40. The number of hydrogen-bond acceptors (Lipinski definition) is 4. The maximum absolute atomic E-state index is 13.3. The maximum Gasteiger partial charge on any atom is 0.416 e. The first-order valence-electron chi connectivity index (χ1n) is 10.5. The third-order valence-electron chi connectivity index (χ3n) is 5.82. The van der Waals surface area contributed by atoms with Crippen molar-refractivity contribution in [2.75, 3.05) is 6.54 Å². The molecule has 2 aromatic rings. The number of likely N-dealkylation sites (tertiary alicyclic amines) is 1. The Morgan fingerprint density at radius 3 is 2.73 bits per heavy atom. The number of aromatic nitrogens is 3. The number of nitrogens with one attached hydrogen (secondary N) is 1. The van der Waals surface area contributed by atoms with Crippen molar-refractivity contribution >= 4 is 5.91 Å². The number of hydrogen-bond donors (Lipinski definition) is 1. The number of alkyl halides is 3. The predicted octanol–water partition coefficient (Wildman–Crippen LogP) is 3.63. The third kappa shape index (κ3) is 5.19. The van der Waals surface area contributed by atoms with Gasteiger partial charge in [0, 0.05) is 25.2 Å². The topological polar surface area (TPSA) is 63.1 Å². The number of carbonyl (C=O) groups is 1. The number of rotatable bonds is 7. The van der Waals surface area contributed by atoms with Crippen molar-refractivity contribution in [1.29, 1.82) is 0 Å². The molecule has 1 saturated heterocycles. The first kappa shape index (κ1) is 20.8. The summed E-state index contributed by atoms with van der Waals surface area (Å²) < 4.78 is 41.7. The van der Waals surface area contributed by atoms with Crippen LogP contribution in [0.25, 0.3) is 0 Å². The number of amides is 1. The number of aryl methyl sites for hydroxylation is 1. The standard InChI is InChI=1S/C21H26F3N5O/c22-21(23,24)18-7-2-1-5-15(18)13-28-11-4-3-6-17(28)10-12-29-14-19(26-27-29)20(30)25-16-8-9-16/h1-2,5,7,14,16-17H,3-4,6,8-13H2,(H,25,30). The Balaban J connectivity index is 1.38. The molecule has 1 aromatic carbocycles. The number of piperidine rings is 1. The Hall–Kier alpha value is -2.42. The van der Waals surface area contributed by atoms with Crippen LogP contribution >= 0.6 is 0 Å². The molecule has 9 heteroatoms. The molecule has 1 amide bonds. The average Bonchev–Trinajstić information content (AvgIpc) is 3.40. The van der Waals surface area contributed by atoms with Crippen LogP contribution in [-0.4, -0.2) is 44.4 Å². The van der Waals surface area contributed by atoms with E-state index in [0.717, 1.165) is 51.1 Å². The number of carbonyl (C=O) groups excluding carboxylic acids is 1. The van der Waals surface area contributed by atoms with E-state index in [9.17, 15) is 18.0 Å². The normalized spacial score (nSPS) is 20.3. The van der Waals surface area contributed by atoms with Crippen molar-refractivity contribution < 1.29 is 18.0 Å². The quantitative estimate of drug-likeness (QED) is 0.742. The van der Waals surface area contributed by atoms with E-state index in [1.807, 2.05) is 0 Å². The second-order valence-electron chi connectivity index (χ2n) is 8.18. The van der Waals surface area contributed by atoms with Crippen LogP contribution in [0.15, 0.2) is 30.5 Å². The Kier molecular flexibility index (Phi) is 6.08. The van der Waals surface area contributed by atoms with Crippen LogP contribution in [-0.2, 0) is 19.3 Å². The Bertz CT molecular complexity index is 878. The van der Waals surface area contributed by atoms with Gasteiger partial charge in [-0.25, -0.2) is 0 Å². The highest BCUT2D eigenvalue weighted by Gasteiger charge is 2.34. The molecular weight excluding hydrogens is 395 g/mol. The highest BCUT2D eigenvalue weighted by Crippen LogP contribution is 2.33. The molecule has 1 aliphatic carbocycles. The van der Waals surface area contributed by atoms with Gasteiger partial charge in [0.1, 0.15) is 0 Å². The lowest BCUT2D eigenvalue weighted by Gasteiger charge is -2.36. The second-order valence-corrected chi connectivity index (χ2v) is 8.18. The molecule has 1 atom stereocenters. The van der Waals surface area contributed by atoms with Crippen LogP contribution in [0.1, 0.15) is 60.1 Å². The summed E-state index contributed by atoms with van der Waals surface area (Å²) >= 11 is 0. The van der Waals surface area contributed by atoms with Gasteiger partial charge in [-0.05, 0) is 50.3 Å². The van der Waals surface area contributed by atoms with E-state index in [-0.39, 0.29) is 24.5 Å². The fraction of sp³-hybridized carbons (Fsp3) is 0.571. The molecule has 1 aliphatic heterocycles. The molecule has 1 N–H and O–H groups in total. The monoisotopic (exact) mass is 421 g/mol. The van der Waals surface area contributed by atoms with Crippen LogP contribution in [0.4, 0.5) is 13.2 Å². The number of benzene rings is 1. The van der Waals surface area contributed by atoms with E-state index in [1.54, 1.807) is 23.0 Å². The average molecular weight is 421 g/mol. The molecule has 1 saturated carbocycles.